The Balaban J connectivity index is 1.67. The van der Waals surface area contributed by atoms with E-state index in [2.05, 4.69) is 39.2 Å². The highest BCUT2D eigenvalue weighted by atomic mass is 16.5. The first-order valence-corrected chi connectivity index (χ1v) is 9.93. The van der Waals surface area contributed by atoms with Crippen LogP contribution in [0.4, 0.5) is 0 Å². The number of imidazole rings is 1. The molecule has 0 bridgehead atoms. The van der Waals surface area contributed by atoms with Crippen LogP contribution in [0.2, 0.25) is 0 Å². The van der Waals surface area contributed by atoms with Crippen molar-refractivity contribution in [1.29, 1.82) is 0 Å². The smallest absolute Gasteiger partial charge is 0.194 e. The van der Waals surface area contributed by atoms with Crippen molar-refractivity contribution in [1.82, 2.24) is 20.2 Å². The van der Waals surface area contributed by atoms with E-state index >= 15 is 0 Å². The number of nitrogens with one attached hydrogen (secondary N) is 2. The van der Waals surface area contributed by atoms with E-state index < -0.39 is 0 Å². The fourth-order valence-corrected chi connectivity index (χ4v) is 3.39. The fraction of sp³-hybridized carbons (Fsp3) is 0.524. The molecule has 2 heterocycles. The molecule has 0 spiro atoms. The molecule has 0 aliphatic carbocycles. The summed E-state index contributed by atoms with van der Waals surface area (Å²) in [6, 6.07) is 10.2. The Kier molecular flexibility index (Phi) is 7.06. The van der Waals surface area contributed by atoms with Gasteiger partial charge < -0.3 is 25.0 Å². The summed E-state index contributed by atoms with van der Waals surface area (Å²) in [6.45, 7) is 5.57. The van der Waals surface area contributed by atoms with Gasteiger partial charge in [-0.05, 0) is 25.3 Å². The number of aromatic amines is 1. The van der Waals surface area contributed by atoms with Crippen LogP contribution in [0.5, 0.6) is 0 Å². The first kappa shape index (κ1) is 20.4. The maximum Gasteiger partial charge on any atom is 0.194 e. The lowest BCUT2D eigenvalue weighted by Crippen LogP contribution is -2.41. The molecular weight excluding hydrogens is 354 g/mol. The van der Waals surface area contributed by atoms with Crippen molar-refractivity contribution in [2.24, 2.45) is 10.4 Å². The van der Waals surface area contributed by atoms with Gasteiger partial charge in [-0.25, -0.2) is 4.98 Å². The first-order chi connectivity index (χ1) is 13.7. The quantitative estimate of drug-likeness (QED) is 0.503. The molecule has 0 unspecified atom stereocenters. The van der Waals surface area contributed by atoms with Crippen LogP contribution in [0.15, 0.2) is 41.5 Å². The molecule has 1 aliphatic heterocycles. The van der Waals surface area contributed by atoms with Crippen molar-refractivity contribution in [2.45, 2.75) is 26.3 Å². The molecule has 0 saturated carbocycles. The van der Waals surface area contributed by atoms with E-state index in [4.69, 9.17) is 9.73 Å². The minimum atomic E-state index is -0.176. The van der Waals surface area contributed by atoms with Crippen LogP contribution in [0.1, 0.15) is 25.6 Å². The SMILES string of the molecule is CCNC(=NCC1(CO)CCOCC1)N(C)Cc1ncc(-c2ccccc2)[nH]1. The maximum absolute atomic E-state index is 9.90. The van der Waals surface area contributed by atoms with Crippen LogP contribution in [0, 0.1) is 5.41 Å². The number of aliphatic hydroxyl groups is 1. The Labute approximate surface area is 166 Å². The van der Waals surface area contributed by atoms with Crippen molar-refractivity contribution in [3.8, 4) is 11.3 Å². The van der Waals surface area contributed by atoms with E-state index in [0.29, 0.717) is 26.3 Å². The first-order valence-electron chi connectivity index (χ1n) is 9.93. The monoisotopic (exact) mass is 385 g/mol. The van der Waals surface area contributed by atoms with Crippen molar-refractivity contribution >= 4 is 5.96 Å². The minimum Gasteiger partial charge on any atom is -0.396 e. The Hall–Kier alpha value is -2.38. The van der Waals surface area contributed by atoms with Gasteiger partial charge in [-0.1, -0.05) is 30.3 Å². The number of aliphatic imine (C=N–C) groups is 1. The predicted octanol–water partition coefficient (Wildman–Crippen LogP) is 2.26. The molecule has 1 aromatic carbocycles. The van der Waals surface area contributed by atoms with E-state index in [-0.39, 0.29) is 12.0 Å². The van der Waals surface area contributed by atoms with E-state index in [1.165, 1.54) is 0 Å². The van der Waals surface area contributed by atoms with Crippen molar-refractivity contribution in [3.63, 3.8) is 0 Å². The van der Waals surface area contributed by atoms with Gasteiger partial charge in [0.25, 0.3) is 0 Å². The molecule has 1 saturated heterocycles. The number of aromatic nitrogens is 2. The summed E-state index contributed by atoms with van der Waals surface area (Å²) >= 11 is 0. The lowest BCUT2D eigenvalue weighted by atomic mass is 9.81. The molecule has 152 valence electrons. The molecule has 1 aromatic heterocycles. The summed E-state index contributed by atoms with van der Waals surface area (Å²) < 4.78 is 5.45. The van der Waals surface area contributed by atoms with Gasteiger partial charge in [0.2, 0.25) is 0 Å². The number of benzene rings is 1. The molecule has 0 atom stereocenters. The third-order valence-electron chi connectivity index (χ3n) is 5.25. The average Bonchev–Trinajstić information content (AvgIpc) is 3.21. The van der Waals surface area contributed by atoms with Gasteiger partial charge in [0, 0.05) is 32.2 Å². The Morgan fingerprint density at radius 3 is 2.75 bits per heavy atom. The molecule has 1 aliphatic rings. The number of hydrogen-bond acceptors (Lipinski definition) is 4. The summed E-state index contributed by atoms with van der Waals surface area (Å²) in [5.74, 6) is 1.70. The maximum atomic E-state index is 9.90. The van der Waals surface area contributed by atoms with Crippen molar-refractivity contribution in [3.05, 3.63) is 42.4 Å². The lowest BCUT2D eigenvalue weighted by molar-refractivity contribution is -0.0107. The Morgan fingerprint density at radius 1 is 1.32 bits per heavy atom. The number of ether oxygens (including phenoxy) is 1. The van der Waals surface area contributed by atoms with E-state index in [0.717, 1.165) is 42.4 Å². The number of H-pyrrole nitrogens is 1. The van der Waals surface area contributed by atoms with Gasteiger partial charge in [0.05, 0.1) is 31.6 Å². The zero-order valence-corrected chi connectivity index (χ0v) is 16.8. The molecule has 0 radical (unpaired) electrons. The molecule has 7 nitrogen and oxygen atoms in total. The van der Waals surface area contributed by atoms with Gasteiger partial charge in [0.15, 0.2) is 5.96 Å². The normalized spacial score (nSPS) is 16.8. The van der Waals surface area contributed by atoms with E-state index in [1.54, 1.807) is 0 Å². The van der Waals surface area contributed by atoms with Gasteiger partial charge in [-0.3, -0.25) is 4.99 Å². The summed E-state index contributed by atoms with van der Waals surface area (Å²) in [4.78, 5) is 14.8. The number of aliphatic hydroxyl groups excluding tert-OH is 1. The zero-order valence-electron chi connectivity index (χ0n) is 16.8. The van der Waals surface area contributed by atoms with Crippen LogP contribution in [0.25, 0.3) is 11.3 Å². The molecule has 0 amide bonds. The zero-order chi connectivity index (χ0) is 19.8. The second-order valence-electron chi connectivity index (χ2n) is 7.41. The van der Waals surface area contributed by atoms with Crippen molar-refractivity contribution in [2.75, 3.05) is 40.0 Å². The summed E-state index contributed by atoms with van der Waals surface area (Å²) in [7, 11) is 2.00. The summed E-state index contributed by atoms with van der Waals surface area (Å²) in [6.07, 6.45) is 3.55. The molecule has 7 heteroatoms. The van der Waals surface area contributed by atoms with Crippen LogP contribution in [-0.2, 0) is 11.3 Å². The lowest BCUT2D eigenvalue weighted by Gasteiger charge is -2.34. The highest BCUT2D eigenvalue weighted by Crippen LogP contribution is 2.30. The number of rotatable bonds is 7. The van der Waals surface area contributed by atoms with Crippen LogP contribution in [-0.4, -0.2) is 65.9 Å². The standard InChI is InChI=1S/C21H31N5O2/c1-3-22-20(24-15-21(16-27)9-11-28-12-10-21)26(2)14-19-23-13-18(25-19)17-7-5-4-6-8-17/h4-8,13,27H,3,9-12,14-16H2,1-2H3,(H,22,24)(H,23,25). The largest absolute Gasteiger partial charge is 0.396 e. The highest BCUT2D eigenvalue weighted by molar-refractivity contribution is 5.79. The van der Waals surface area contributed by atoms with Gasteiger partial charge in [-0.2, -0.15) is 0 Å². The number of nitrogens with zero attached hydrogens (tertiary/aromatic N) is 3. The van der Waals surface area contributed by atoms with E-state index in [9.17, 15) is 5.11 Å². The third kappa shape index (κ3) is 5.11. The average molecular weight is 386 g/mol. The van der Waals surface area contributed by atoms with Gasteiger partial charge >= 0.3 is 0 Å². The predicted molar refractivity (Wildman–Crippen MR) is 111 cm³/mol. The van der Waals surface area contributed by atoms with Gasteiger partial charge in [0.1, 0.15) is 5.82 Å². The molecule has 28 heavy (non-hydrogen) atoms. The third-order valence-corrected chi connectivity index (χ3v) is 5.25. The number of guanidine groups is 1. The Morgan fingerprint density at radius 2 is 2.07 bits per heavy atom. The molecular formula is C21H31N5O2. The van der Waals surface area contributed by atoms with Gasteiger partial charge in [-0.15, -0.1) is 0 Å². The highest BCUT2D eigenvalue weighted by Gasteiger charge is 2.32. The molecule has 2 aromatic rings. The van der Waals surface area contributed by atoms with Crippen molar-refractivity contribution < 1.29 is 9.84 Å². The van der Waals surface area contributed by atoms with Crippen LogP contribution in [0.3, 0.4) is 0 Å². The second kappa shape index (κ2) is 9.71. The fourth-order valence-electron chi connectivity index (χ4n) is 3.39. The molecule has 1 fully saturated rings. The Bertz CT molecular complexity index is 753. The molecule has 3 rings (SSSR count). The summed E-state index contributed by atoms with van der Waals surface area (Å²) in [5, 5.41) is 13.2. The molecule has 3 N–H and O–H groups in total. The second-order valence-corrected chi connectivity index (χ2v) is 7.41. The van der Waals surface area contributed by atoms with Crippen LogP contribution >= 0.6 is 0 Å². The number of hydrogen-bond donors (Lipinski definition) is 3. The van der Waals surface area contributed by atoms with Crippen LogP contribution < -0.4 is 5.32 Å². The topological polar surface area (TPSA) is 85.8 Å². The van der Waals surface area contributed by atoms with E-state index in [1.807, 2.05) is 31.4 Å². The minimum absolute atomic E-state index is 0.140. The summed E-state index contributed by atoms with van der Waals surface area (Å²) in [5.41, 5.74) is 1.95.